The fourth-order valence-corrected chi connectivity index (χ4v) is 8.47. The van der Waals surface area contributed by atoms with E-state index in [1.807, 2.05) is 53.7 Å². The zero-order valence-corrected chi connectivity index (χ0v) is 38.2. The van der Waals surface area contributed by atoms with E-state index in [9.17, 15) is 34.4 Å². The van der Waals surface area contributed by atoms with Gasteiger partial charge in [0.2, 0.25) is 0 Å². The molecule has 0 bridgehead atoms. The lowest BCUT2D eigenvalue weighted by Crippen LogP contribution is -2.13. The summed E-state index contributed by atoms with van der Waals surface area (Å²) in [5.41, 5.74) is 6.19. The van der Waals surface area contributed by atoms with Gasteiger partial charge in [0, 0.05) is 0 Å². The lowest BCUT2D eigenvalue weighted by atomic mass is 9.84. The number of rotatable bonds is 9. The molecule has 0 aliphatic carbocycles. The Kier molecular flexibility index (Phi) is 24.4. The van der Waals surface area contributed by atoms with Crippen LogP contribution in [0.15, 0.2) is 88.5 Å². The molecule has 0 aliphatic rings. The standard InChI is InChI=1S/C20H28O6S2.C10H14O2S.C8H10.2C2H6.C2H4/c1-7-16-14(6)20-15(10-19(16)28(24,25)26)9-18(27(21,22)23)13(5)17(20)8-12(4)11(2)3;1-3-8-13(11,12)10-6-4-9(2)5-7-10;1-7-3-5-8(2)6-4-7;3*1-2/h9-12H,7-8H2,1-6H3,(H,21,22,23)(H,24,25,26);4-7H,3,8H2,1-2H3;3-6H,1-2H3;2*1-2H3;1-2H2/t12-;;;;;/m0...../s1. The van der Waals surface area contributed by atoms with Crippen molar-refractivity contribution in [2.45, 2.75) is 131 Å². The van der Waals surface area contributed by atoms with Crippen LogP contribution in [-0.2, 0) is 42.9 Å². The van der Waals surface area contributed by atoms with E-state index in [-0.39, 0.29) is 21.5 Å². The molecule has 0 aromatic heterocycles. The summed E-state index contributed by atoms with van der Waals surface area (Å²) in [7, 11) is -12.0. The molecule has 0 amide bonds. The van der Waals surface area contributed by atoms with E-state index < -0.39 is 30.1 Å². The maximum absolute atomic E-state index is 11.9. The molecule has 4 aromatic rings. The Bertz CT molecular complexity index is 2060. The van der Waals surface area contributed by atoms with Crippen molar-refractivity contribution in [3.63, 3.8) is 0 Å². The monoisotopic (exact) mass is 820 g/mol. The number of fused-ring (bicyclic) bond motifs is 1. The smallest absolute Gasteiger partial charge is 0.282 e. The number of benzene rings is 4. The first-order valence-corrected chi connectivity index (χ1v) is 23.4. The van der Waals surface area contributed by atoms with Crippen LogP contribution in [0.3, 0.4) is 0 Å². The van der Waals surface area contributed by atoms with Crippen molar-refractivity contribution in [1.29, 1.82) is 0 Å². The maximum Gasteiger partial charge on any atom is 0.294 e. The summed E-state index contributed by atoms with van der Waals surface area (Å²) in [5, 5.41) is 1.15. The fraction of sp³-hybridized carbons (Fsp3) is 0.455. The highest BCUT2D eigenvalue weighted by atomic mass is 32.2. The second-order valence-corrected chi connectivity index (χ2v) is 18.0. The van der Waals surface area contributed by atoms with Crippen molar-refractivity contribution in [2.75, 3.05) is 5.75 Å². The minimum absolute atomic E-state index is 0.229. The third-order valence-corrected chi connectivity index (χ3v) is 12.6. The SMILES string of the molecule is C=C.CC.CC.CCCS(=O)(=O)c1ccc(C)cc1.CCc1c(S(=O)(=O)O)cc2cc(S(=O)(=O)O)c(C)c(C[C@H](C)C(C)C)c2c1C.Cc1ccc(C)cc1. The van der Waals surface area contributed by atoms with Crippen molar-refractivity contribution in [1.82, 2.24) is 0 Å². The Hall–Kier alpha value is -3.35. The molecule has 0 heterocycles. The van der Waals surface area contributed by atoms with E-state index in [0.29, 0.717) is 52.2 Å². The van der Waals surface area contributed by atoms with Gasteiger partial charge in [-0.3, -0.25) is 9.11 Å². The average Bonchev–Trinajstić information content (AvgIpc) is 3.12. The normalized spacial score (nSPS) is 11.5. The van der Waals surface area contributed by atoms with Crippen LogP contribution >= 0.6 is 0 Å². The Labute approximate surface area is 334 Å². The number of hydrogen-bond donors (Lipinski definition) is 2. The van der Waals surface area contributed by atoms with Gasteiger partial charge >= 0.3 is 0 Å². The minimum atomic E-state index is -4.49. The average molecular weight is 821 g/mol. The Morgan fingerprint density at radius 3 is 1.33 bits per heavy atom. The van der Waals surface area contributed by atoms with E-state index in [1.165, 1.54) is 23.3 Å². The summed E-state index contributed by atoms with van der Waals surface area (Å²) >= 11 is 0. The van der Waals surface area contributed by atoms with Gasteiger partial charge < -0.3 is 0 Å². The van der Waals surface area contributed by atoms with Crippen molar-refractivity contribution in [2.24, 2.45) is 11.8 Å². The first kappa shape index (κ1) is 53.8. The molecule has 55 heavy (non-hydrogen) atoms. The molecule has 0 spiro atoms. The molecule has 11 heteroatoms. The lowest BCUT2D eigenvalue weighted by Gasteiger charge is -2.23. The molecule has 1 atom stereocenters. The summed E-state index contributed by atoms with van der Waals surface area (Å²) < 4.78 is 90.1. The molecule has 0 fully saturated rings. The molecular weight excluding hydrogens is 753 g/mol. The third-order valence-electron chi connectivity index (χ3n) is 8.76. The molecule has 0 unspecified atom stereocenters. The van der Waals surface area contributed by atoms with Gasteiger partial charge in [0.1, 0.15) is 0 Å². The summed E-state index contributed by atoms with van der Waals surface area (Å²) in [6.45, 7) is 33.5. The summed E-state index contributed by atoms with van der Waals surface area (Å²) in [4.78, 5) is -0.0381. The third kappa shape index (κ3) is 16.7. The van der Waals surface area contributed by atoms with Crippen LogP contribution in [0.25, 0.3) is 10.8 Å². The van der Waals surface area contributed by atoms with Gasteiger partial charge in [0.15, 0.2) is 9.84 Å². The molecule has 310 valence electrons. The van der Waals surface area contributed by atoms with Crippen LogP contribution in [0.5, 0.6) is 0 Å². The Morgan fingerprint density at radius 2 is 0.982 bits per heavy atom. The van der Waals surface area contributed by atoms with E-state index in [2.05, 4.69) is 72.0 Å². The van der Waals surface area contributed by atoms with Gasteiger partial charge in [0.25, 0.3) is 20.2 Å². The van der Waals surface area contributed by atoms with Gasteiger partial charge in [-0.25, -0.2) is 8.42 Å². The molecule has 2 N–H and O–H groups in total. The zero-order chi connectivity index (χ0) is 43.5. The van der Waals surface area contributed by atoms with E-state index in [1.54, 1.807) is 32.9 Å². The fourth-order valence-electron chi connectivity index (χ4n) is 5.47. The Morgan fingerprint density at radius 1 is 0.600 bits per heavy atom. The largest absolute Gasteiger partial charge is 0.294 e. The van der Waals surface area contributed by atoms with E-state index in [4.69, 9.17) is 0 Å². The zero-order valence-electron chi connectivity index (χ0n) is 35.7. The molecule has 0 aliphatic heterocycles. The molecule has 0 saturated heterocycles. The van der Waals surface area contributed by atoms with Gasteiger partial charge in [-0.15, -0.1) is 13.2 Å². The van der Waals surface area contributed by atoms with Crippen molar-refractivity contribution in [3.05, 3.63) is 113 Å². The summed E-state index contributed by atoms with van der Waals surface area (Å²) in [6, 6.07) is 18.0. The topological polar surface area (TPSA) is 143 Å². The van der Waals surface area contributed by atoms with Crippen LogP contribution in [-0.4, -0.2) is 40.1 Å². The molecule has 0 radical (unpaired) electrons. The first-order valence-electron chi connectivity index (χ1n) is 18.9. The van der Waals surface area contributed by atoms with E-state index in [0.717, 1.165) is 16.5 Å². The van der Waals surface area contributed by atoms with Crippen LogP contribution in [0.1, 0.15) is 108 Å². The lowest BCUT2D eigenvalue weighted by molar-refractivity contribution is 0.417. The molecule has 0 saturated carbocycles. The molecule has 4 rings (SSSR count). The van der Waals surface area contributed by atoms with E-state index >= 15 is 0 Å². The van der Waals surface area contributed by atoms with Gasteiger partial charge in [0.05, 0.1) is 20.4 Å². The van der Waals surface area contributed by atoms with Crippen LogP contribution in [0.4, 0.5) is 0 Å². The van der Waals surface area contributed by atoms with Gasteiger partial charge in [-0.1, -0.05) is 115 Å². The van der Waals surface area contributed by atoms with Crippen LogP contribution < -0.4 is 0 Å². The van der Waals surface area contributed by atoms with Crippen molar-refractivity contribution < 1.29 is 34.4 Å². The second kappa shape index (κ2) is 25.0. The quantitative estimate of drug-likeness (QED) is 0.125. The first-order chi connectivity index (χ1) is 25.5. The van der Waals surface area contributed by atoms with Gasteiger partial charge in [-0.2, -0.15) is 16.8 Å². The van der Waals surface area contributed by atoms with Crippen LogP contribution in [0.2, 0.25) is 0 Å². The highest BCUT2D eigenvalue weighted by Crippen LogP contribution is 2.37. The van der Waals surface area contributed by atoms with Crippen LogP contribution in [0, 0.1) is 46.5 Å². The molecule has 4 aromatic carbocycles. The predicted octanol–water partition coefficient (Wildman–Crippen LogP) is 11.7. The predicted molar refractivity (Wildman–Crippen MR) is 234 cm³/mol. The highest BCUT2D eigenvalue weighted by Gasteiger charge is 2.25. The molecule has 8 nitrogen and oxygen atoms in total. The summed E-state index contributed by atoms with van der Waals surface area (Å²) in [6.07, 6.45) is 1.64. The number of aryl methyl sites for hydroxylation is 4. The Balaban J connectivity index is 0. The number of hydrogen-bond acceptors (Lipinski definition) is 6. The van der Waals surface area contributed by atoms with Gasteiger partial charge in [-0.05, 0) is 123 Å². The van der Waals surface area contributed by atoms with Crippen molar-refractivity contribution in [3.8, 4) is 0 Å². The minimum Gasteiger partial charge on any atom is -0.282 e. The second-order valence-electron chi connectivity index (χ2n) is 13.1. The summed E-state index contributed by atoms with van der Waals surface area (Å²) in [5.74, 6) is 0.826. The van der Waals surface area contributed by atoms with Crippen molar-refractivity contribution >= 4 is 40.8 Å². The molecular formula is C44H68O8S3. The maximum atomic E-state index is 11.9. The number of sulfone groups is 1. The highest BCUT2D eigenvalue weighted by molar-refractivity contribution is 7.91.